The van der Waals surface area contributed by atoms with Gasteiger partial charge in [-0.3, -0.25) is 4.79 Å². The molecule has 1 aromatic rings. The van der Waals surface area contributed by atoms with Gasteiger partial charge in [0, 0.05) is 12.5 Å². The monoisotopic (exact) mass is 289 g/mol. The molecule has 2 N–H and O–H groups in total. The topological polar surface area (TPSA) is 66.4 Å². The molecule has 0 aliphatic heterocycles. The van der Waals surface area contributed by atoms with Gasteiger partial charge in [-0.05, 0) is 55.7 Å². The molecule has 1 aliphatic carbocycles. The van der Waals surface area contributed by atoms with E-state index in [4.69, 9.17) is 5.11 Å². The molecular formula is C17H23NO3. The van der Waals surface area contributed by atoms with Crippen molar-refractivity contribution in [2.45, 2.75) is 51.5 Å². The molecule has 4 heteroatoms. The van der Waals surface area contributed by atoms with Crippen LogP contribution in [0.3, 0.4) is 0 Å². The summed E-state index contributed by atoms with van der Waals surface area (Å²) in [4.78, 5) is 22.7. The van der Waals surface area contributed by atoms with E-state index < -0.39 is 5.97 Å². The third-order valence-corrected chi connectivity index (χ3v) is 4.22. The smallest absolute Gasteiger partial charge is 0.335 e. The maximum atomic E-state index is 11.9. The summed E-state index contributed by atoms with van der Waals surface area (Å²) in [7, 11) is 0. The number of carboxylic acid groups (broad SMARTS) is 1. The first-order valence-corrected chi connectivity index (χ1v) is 7.66. The minimum absolute atomic E-state index is 0.0943. The van der Waals surface area contributed by atoms with Crippen molar-refractivity contribution < 1.29 is 14.7 Å². The quantitative estimate of drug-likeness (QED) is 0.875. The third-order valence-electron chi connectivity index (χ3n) is 4.22. The molecule has 1 amide bonds. The summed E-state index contributed by atoms with van der Waals surface area (Å²) in [5.41, 5.74) is 1.27. The van der Waals surface area contributed by atoms with E-state index in [2.05, 4.69) is 12.2 Å². The van der Waals surface area contributed by atoms with Crippen molar-refractivity contribution in [3.63, 3.8) is 0 Å². The minimum Gasteiger partial charge on any atom is -0.478 e. The second-order valence-electron chi connectivity index (χ2n) is 6.03. The maximum Gasteiger partial charge on any atom is 0.335 e. The largest absolute Gasteiger partial charge is 0.478 e. The molecule has 1 aliphatic rings. The van der Waals surface area contributed by atoms with Crippen LogP contribution in [-0.4, -0.2) is 23.0 Å². The first-order chi connectivity index (χ1) is 10.0. The van der Waals surface area contributed by atoms with E-state index in [1.54, 1.807) is 24.3 Å². The Bertz CT molecular complexity index is 487. The summed E-state index contributed by atoms with van der Waals surface area (Å²) in [5, 5.41) is 11.9. The van der Waals surface area contributed by atoms with Gasteiger partial charge in [0.05, 0.1) is 5.56 Å². The molecule has 21 heavy (non-hydrogen) atoms. The number of aryl methyl sites for hydroxylation is 1. The zero-order chi connectivity index (χ0) is 15.2. The average Bonchev–Trinajstić information content (AvgIpc) is 2.48. The number of carboxylic acids is 1. The van der Waals surface area contributed by atoms with Crippen LogP contribution in [0.5, 0.6) is 0 Å². The van der Waals surface area contributed by atoms with Gasteiger partial charge in [0.1, 0.15) is 0 Å². The highest BCUT2D eigenvalue weighted by atomic mass is 16.4. The second-order valence-corrected chi connectivity index (χ2v) is 6.03. The van der Waals surface area contributed by atoms with Crippen molar-refractivity contribution in [2.75, 3.05) is 0 Å². The lowest BCUT2D eigenvalue weighted by Crippen LogP contribution is -2.37. The van der Waals surface area contributed by atoms with Gasteiger partial charge in [-0.25, -0.2) is 4.79 Å². The molecule has 0 saturated heterocycles. The zero-order valence-electron chi connectivity index (χ0n) is 12.5. The van der Waals surface area contributed by atoms with E-state index in [9.17, 15) is 9.59 Å². The Kier molecular flexibility index (Phi) is 5.37. The van der Waals surface area contributed by atoms with Gasteiger partial charge >= 0.3 is 5.97 Å². The van der Waals surface area contributed by atoms with Crippen molar-refractivity contribution in [3.8, 4) is 0 Å². The van der Waals surface area contributed by atoms with Crippen LogP contribution in [0.4, 0.5) is 0 Å². The fraction of sp³-hybridized carbons (Fsp3) is 0.529. The van der Waals surface area contributed by atoms with Gasteiger partial charge < -0.3 is 10.4 Å². The zero-order valence-corrected chi connectivity index (χ0v) is 12.5. The van der Waals surface area contributed by atoms with Crippen LogP contribution in [0.25, 0.3) is 0 Å². The highest BCUT2D eigenvalue weighted by molar-refractivity contribution is 5.87. The SMILES string of the molecule is CC1CCC(NC(=O)CCc2ccc(C(=O)O)cc2)CC1. The molecule has 0 aromatic heterocycles. The van der Waals surface area contributed by atoms with Crippen LogP contribution in [-0.2, 0) is 11.2 Å². The Labute approximate surface area is 125 Å². The van der Waals surface area contributed by atoms with Crippen LogP contribution < -0.4 is 5.32 Å². The molecule has 0 atom stereocenters. The lowest BCUT2D eigenvalue weighted by molar-refractivity contribution is -0.122. The van der Waals surface area contributed by atoms with Crippen LogP contribution in [0.2, 0.25) is 0 Å². The Morgan fingerprint density at radius 2 is 1.76 bits per heavy atom. The highest BCUT2D eigenvalue weighted by Gasteiger charge is 2.19. The van der Waals surface area contributed by atoms with Gasteiger partial charge in [-0.2, -0.15) is 0 Å². The van der Waals surface area contributed by atoms with Crippen LogP contribution in [0, 0.1) is 5.92 Å². The lowest BCUT2D eigenvalue weighted by Gasteiger charge is -2.26. The van der Waals surface area contributed by atoms with E-state index in [-0.39, 0.29) is 11.5 Å². The maximum absolute atomic E-state index is 11.9. The molecule has 1 saturated carbocycles. The van der Waals surface area contributed by atoms with Crippen molar-refractivity contribution in [3.05, 3.63) is 35.4 Å². The predicted molar refractivity (Wildman–Crippen MR) is 81.3 cm³/mol. The Morgan fingerprint density at radius 3 is 2.33 bits per heavy atom. The number of rotatable bonds is 5. The van der Waals surface area contributed by atoms with Crippen LogP contribution >= 0.6 is 0 Å². The summed E-state index contributed by atoms with van der Waals surface area (Å²) in [6.07, 6.45) is 5.66. The molecular weight excluding hydrogens is 266 g/mol. The Hall–Kier alpha value is -1.84. The van der Waals surface area contributed by atoms with Crippen LogP contribution in [0.15, 0.2) is 24.3 Å². The average molecular weight is 289 g/mol. The van der Waals surface area contributed by atoms with Gasteiger partial charge in [0.25, 0.3) is 0 Å². The number of aromatic carboxylic acids is 1. The Balaban J connectivity index is 1.74. The number of hydrogen-bond acceptors (Lipinski definition) is 2. The van der Waals surface area contributed by atoms with Gasteiger partial charge in [-0.15, -0.1) is 0 Å². The molecule has 114 valence electrons. The predicted octanol–water partition coefficient (Wildman–Crippen LogP) is 3.01. The first-order valence-electron chi connectivity index (χ1n) is 7.66. The molecule has 0 spiro atoms. The third kappa shape index (κ3) is 4.88. The first kappa shape index (κ1) is 15.5. The van der Waals surface area contributed by atoms with Gasteiger partial charge in [-0.1, -0.05) is 19.1 Å². The summed E-state index contributed by atoms with van der Waals surface area (Å²) in [5.74, 6) is -0.0476. The molecule has 4 nitrogen and oxygen atoms in total. The second kappa shape index (κ2) is 7.25. The fourth-order valence-electron chi connectivity index (χ4n) is 2.78. The molecule has 2 rings (SSSR count). The summed E-state index contributed by atoms with van der Waals surface area (Å²) >= 11 is 0. The summed E-state index contributed by atoms with van der Waals surface area (Å²) < 4.78 is 0. The number of carbonyl (C=O) groups is 2. The van der Waals surface area contributed by atoms with Gasteiger partial charge in [0.15, 0.2) is 0 Å². The number of benzene rings is 1. The Morgan fingerprint density at radius 1 is 1.14 bits per heavy atom. The molecule has 0 unspecified atom stereocenters. The molecule has 0 heterocycles. The van der Waals surface area contributed by atoms with Crippen LogP contribution in [0.1, 0.15) is 54.9 Å². The lowest BCUT2D eigenvalue weighted by atomic mass is 9.87. The molecule has 0 radical (unpaired) electrons. The van der Waals surface area contributed by atoms with Crippen molar-refractivity contribution in [1.29, 1.82) is 0 Å². The van der Waals surface area contributed by atoms with E-state index in [1.807, 2.05) is 0 Å². The summed E-state index contributed by atoms with van der Waals surface area (Å²) in [6.45, 7) is 2.26. The number of hydrogen-bond donors (Lipinski definition) is 2. The highest BCUT2D eigenvalue weighted by Crippen LogP contribution is 2.23. The van der Waals surface area contributed by atoms with Crippen molar-refractivity contribution in [1.82, 2.24) is 5.32 Å². The molecule has 1 fully saturated rings. The van der Waals surface area contributed by atoms with E-state index >= 15 is 0 Å². The molecule has 1 aromatic carbocycles. The van der Waals surface area contributed by atoms with Crippen molar-refractivity contribution in [2.24, 2.45) is 5.92 Å². The van der Waals surface area contributed by atoms with Gasteiger partial charge in [0.2, 0.25) is 5.91 Å². The normalized spacial score (nSPS) is 21.8. The van der Waals surface area contributed by atoms with E-state index in [0.717, 1.165) is 24.3 Å². The number of carbonyl (C=O) groups excluding carboxylic acids is 1. The molecule has 0 bridgehead atoms. The van der Waals surface area contributed by atoms with Crippen molar-refractivity contribution >= 4 is 11.9 Å². The number of nitrogens with one attached hydrogen (secondary N) is 1. The fourth-order valence-corrected chi connectivity index (χ4v) is 2.78. The summed E-state index contributed by atoms with van der Waals surface area (Å²) in [6, 6.07) is 7.05. The number of amides is 1. The minimum atomic E-state index is -0.925. The van der Waals surface area contributed by atoms with E-state index in [1.165, 1.54) is 12.8 Å². The van der Waals surface area contributed by atoms with E-state index in [0.29, 0.717) is 18.9 Å². The standard InChI is InChI=1S/C17H23NO3/c1-12-2-9-15(10-3-12)18-16(19)11-6-13-4-7-14(8-5-13)17(20)21/h4-5,7-8,12,15H,2-3,6,9-11H2,1H3,(H,18,19)(H,20,21).